The summed E-state index contributed by atoms with van der Waals surface area (Å²) in [5.41, 5.74) is 2.97. The third-order valence-electron chi connectivity index (χ3n) is 4.25. The van der Waals surface area contributed by atoms with Crippen LogP contribution in [0.1, 0.15) is 16.7 Å². The molecule has 0 unspecified atom stereocenters. The lowest BCUT2D eigenvalue weighted by molar-refractivity contribution is -0.134. The maximum atomic E-state index is 12.4. The molecule has 0 aliphatic carbocycles. The topological polar surface area (TPSA) is 89.7 Å². The van der Waals surface area contributed by atoms with Gasteiger partial charge in [0.25, 0.3) is 5.91 Å². The van der Waals surface area contributed by atoms with Gasteiger partial charge in [-0.3, -0.25) is 4.79 Å². The van der Waals surface area contributed by atoms with Crippen molar-refractivity contribution in [2.24, 2.45) is 5.14 Å². The van der Waals surface area contributed by atoms with E-state index >= 15 is 0 Å². The van der Waals surface area contributed by atoms with Gasteiger partial charge < -0.3 is 9.64 Å². The molecule has 2 aromatic carbocycles. The minimum atomic E-state index is -3.75. The van der Waals surface area contributed by atoms with E-state index in [2.05, 4.69) is 0 Å². The summed E-state index contributed by atoms with van der Waals surface area (Å²) in [6.45, 7) is 2.87. The van der Waals surface area contributed by atoms with Crippen LogP contribution in [0.25, 0.3) is 0 Å². The monoisotopic (exact) mass is 360 g/mol. The number of nitrogens with two attached hydrogens (primary N) is 1. The first-order valence-corrected chi connectivity index (χ1v) is 9.49. The van der Waals surface area contributed by atoms with Gasteiger partial charge in [0.1, 0.15) is 5.75 Å². The fraction of sp³-hybridized carbons (Fsp3) is 0.278. The minimum Gasteiger partial charge on any atom is -0.484 e. The maximum absolute atomic E-state index is 12.4. The summed E-state index contributed by atoms with van der Waals surface area (Å²) in [4.78, 5) is 14.1. The van der Waals surface area contributed by atoms with Crippen LogP contribution in [0.5, 0.6) is 5.75 Å². The van der Waals surface area contributed by atoms with E-state index in [4.69, 9.17) is 9.88 Å². The first-order valence-electron chi connectivity index (χ1n) is 7.95. The molecule has 2 aromatic rings. The van der Waals surface area contributed by atoms with Crippen LogP contribution in [0, 0.1) is 6.92 Å². The number of nitrogens with zero attached hydrogens (tertiary/aromatic N) is 1. The quantitative estimate of drug-likeness (QED) is 0.897. The Labute approximate surface area is 147 Å². The van der Waals surface area contributed by atoms with Crippen molar-refractivity contribution in [2.45, 2.75) is 24.8 Å². The zero-order valence-electron chi connectivity index (χ0n) is 13.9. The standard InChI is InChI=1S/C18H20N2O4S/c1-13-2-5-16(6-3-13)24-12-18(21)20-9-8-14-4-7-17(25(19,22)23)10-15(14)11-20/h2-7,10H,8-9,11-12H2,1H3,(H2,19,22,23). The van der Waals surface area contributed by atoms with Crippen LogP contribution in [0.15, 0.2) is 47.4 Å². The number of hydrogen-bond acceptors (Lipinski definition) is 4. The number of carbonyl (C=O) groups excluding carboxylic acids is 1. The first kappa shape index (κ1) is 17.4. The zero-order valence-corrected chi connectivity index (χ0v) is 14.8. The Balaban J connectivity index is 1.67. The lowest BCUT2D eigenvalue weighted by Crippen LogP contribution is -2.39. The molecule has 0 saturated carbocycles. The molecule has 1 heterocycles. The largest absolute Gasteiger partial charge is 0.484 e. The van der Waals surface area contributed by atoms with E-state index in [9.17, 15) is 13.2 Å². The Morgan fingerprint density at radius 3 is 2.56 bits per heavy atom. The summed E-state index contributed by atoms with van der Waals surface area (Å²) in [6, 6.07) is 12.3. The molecule has 0 bridgehead atoms. The van der Waals surface area contributed by atoms with Gasteiger partial charge in [0.2, 0.25) is 10.0 Å². The third kappa shape index (κ3) is 4.18. The number of primary sulfonamides is 1. The number of amides is 1. The summed E-state index contributed by atoms with van der Waals surface area (Å²) >= 11 is 0. The van der Waals surface area contributed by atoms with Gasteiger partial charge in [-0.1, -0.05) is 23.8 Å². The second kappa shape index (κ2) is 6.85. The average Bonchev–Trinajstić information content (AvgIpc) is 2.59. The molecule has 0 aromatic heterocycles. The summed E-state index contributed by atoms with van der Waals surface area (Å²) in [6.07, 6.45) is 0.677. The Hall–Kier alpha value is -2.38. The Morgan fingerprint density at radius 2 is 1.88 bits per heavy atom. The number of hydrogen-bond donors (Lipinski definition) is 1. The zero-order chi connectivity index (χ0) is 18.0. The van der Waals surface area contributed by atoms with Crippen molar-refractivity contribution in [3.05, 3.63) is 59.2 Å². The molecule has 6 nitrogen and oxygen atoms in total. The van der Waals surface area contributed by atoms with Gasteiger partial charge in [-0.15, -0.1) is 0 Å². The minimum absolute atomic E-state index is 0.0483. The van der Waals surface area contributed by atoms with E-state index in [1.54, 1.807) is 17.0 Å². The molecule has 25 heavy (non-hydrogen) atoms. The predicted molar refractivity (Wildman–Crippen MR) is 93.6 cm³/mol. The van der Waals surface area contributed by atoms with Crippen LogP contribution in [0.4, 0.5) is 0 Å². The summed E-state index contributed by atoms with van der Waals surface area (Å²) in [7, 11) is -3.75. The predicted octanol–water partition coefficient (Wildman–Crippen LogP) is 1.61. The van der Waals surface area contributed by atoms with E-state index < -0.39 is 10.0 Å². The highest BCUT2D eigenvalue weighted by molar-refractivity contribution is 7.89. The number of ether oxygens (including phenoxy) is 1. The molecule has 0 saturated heterocycles. The number of sulfonamides is 1. The number of fused-ring (bicyclic) bond motifs is 1. The van der Waals surface area contributed by atoms with Crippen molar-refractivity contribution >= 4 is 15.9 Å². The number of benzene rings is 2. The average molecular weight is 360 g/mol. The van der Waals surface area contributed by atoms with E-state index in [0.29, 0.717) is 25.3 Å². The van der Waals surface area contributed by atoms with E-state index in [-0.39, 0.29) is 17.4 Å². The van der Waals surface area contributed by atoms with Gasteiger partial charge in [0, 0.05) is 13.1 Å². The fourth-order valence-electron chi connectivity index (χ4n) is 2.79. The van der Waals surface area contributed by atoms with Gasteiger partial charge in [-0.2, -0.15) is 0 Å². The summed E-state index contributed by atoms with van der Waals surface area (Å²) in [5, 5.41) is 5.18. The lowest BCUT2D eigenvalue weighted by Gasteiger charge is -2.29. The second-order valence-electron chi connectivity index (χ2n) is 6.14. The summed E-state index contributed by atoms with van der Waals surface area (Å²) in [5.74, 6) is 0.514. The molecular weight excluding hydrogens is 340 g/mol. The van der Waals surface area contributed by atoms with Crippen LogP contribution in [0.2, 0.25) is 0 Å². The van der Waals surface area contributed by atoms with Gasteiger partial charge >= 0.3 is 0 Å². The molecule has 0 atom stereocenters. The first-order chi connectivity index (χ1) is 11.8. The third-order valence-corrected chi connectivity index (χ3v) is 5.17. The second-order valence-corrected chi connectivity index (χ2v) is 7.70. The van der Waals surface area contributed by atoms with Crippen molar-refractivity contribution in [2.75, 3.05) is 13.2 Å². The van der Waals surface area contributed by atoms with Gasteiger partial charge in [-0.25, -0.2) is 13.6 Å². The van der Waals surface area contributed by atoms with Gasteiger partial charge in [0.15, 0.2) is 6.61 Å². The SMILES string of the molecule is Cc1ccc(OCC(=O)N2CCc3ccc(S(N)(=O)=O)cc3C2)cc1. The highest BCUT2D eigenvalue weighted by Crippen LogP contribution is 2.22. The van der Waals surface area contributed by atoms with Crippen LogP contribution in [-0.4, -0.2) is 32.4 Å². The highest BCUT2D eigenvalue weighted by Gasteiger charge is 2.22. The summed E-state index contributed by atoms with van der Waals surface area (Å²) < 4.78 is 28.5. The molecule has 1 aliphatic heterocycles. The lowest BCUT2D eigenvalue weighted by atomic mass is 10.00. The van der Waals surface area contributed by atoms with E-state index in [0.717, 1.165) is 16.7 Å². The van der Waals surface area contributed by atoms with Crippen molar-refractivity contribution in [1.29, 1.82) is 0 Å². The molecule has 0 spiro atoms. The molecule has 2 N–H and O–H groups in total. The maximum Gasteiger partial charge on any atom is 0.260 e. The van der Waals surface area contributed by atoms with Crippen molar-refractivity contribution in [3.63, 3.8) is 0 Å². The molecule has 1 aliphatic rings. The molecule has 0 fully saturated rings. The Kier molecular flexibility index (Phi) is 4.78. The van der Waals surface area contributed by atoms with Crippen LogP contribution >= 0.6 is 0 Å². The molecular formula is C18H20N2O4S. The Bertz CT molecular complexity index is 892. The molecule has 7 heteroatoms. The molecule has 1 amide bonds. The van der Waals surface area contributed by atoms with E-state index in [1.165, 1.54) is 6.07 Å². The van der Waals surface area contributed by atoms with Crippen LogP contribution in [-0.2, 0) is 27.8 Å². The Morgan fingerprint density at radius 1 is 1.16 bits per heavy atom. The normalized spacial score (nSPS) is 14.1. The smallest absolute Gasteiger partial charge is 0.260 e. The van der Waals surface area contributed by atoms with Crippen LogP contribution in [0.3, 0.4) is 0 Å². The molecule has 3 rings (SSSR count). The number of aryl methyl sites for hydroxylation is 1. The van der Waals surface area contributed by atoms with Crippen molar-refractivity contribution in [1.82, 2.24) is 4.90 Å². The fourth-order valence-corrected chi connectivity index (χ4v) is 3.36. The molecule has 132 valence electrons. The van der Waals surface area contributed by atoms with Crippen LogP contribution < -0.4 is 9.88 Å². The number of rotatable bonds is 4. The number of carbonyl (C=O) groups is 1. The van der Waals surface area contributed by atoms with Crippen molar-refractivity contribution < 1.29 is 17.9 Å². The van der Waals surface area contributed by atoms with Crippen molar-refractivity contribution in [3.8, 4) is 5.75 Å². The highest BCUT2D eigenvalue weighted by atomic mass is 32.2. The van der Waals surface area contributed by atoms with E-state index in [1.807, 2.05) is 31.2 Å². The molecule has 0 radical (unpaired) electrons. The van der Waals surface area contributed by atoms with Gasteiger partial charge in [-0.05, 0) is 48.7 Å². The van der Waals surface area contributed by atoms with Gasteiger partial charge in [0.05, 0.1) is 4.90 Å².